The molecule has 0 bridgehead atoms. The third kappa shape index (κ3) is 3.31. The van der Waals surface area contributed by atoms with E-state index in [1.807, 2.05) is 0 Å². The van der Waals surface area contributed by atoms with Crippen molar-refractivity contribution in [2.75, 3.05) is 32.8 Å². The van der Waals surface area contributed by atoms with Crippen LogP contribution in [-0.4, -0.2) is 59.9 Å². The molecule has 3 aliphatic rings. The summed E-state index contributed by atoms with van der Waals surface area (Å²) in [6, 6.07) is 0. The number of amides is 1. The highest BCUT2D eigenvalue weighted by Crippen LogP contribution is 2.35. The largest absolute Gasteiger partial charge is 0.380 e. The van der Waals surface area contributed by atoms with Gasteiger partial charge in [0, 0.05) is 25.2 Å². The van der Waals surface area contributed by atoms with Crippen LogP contribution in [0.25, 0.3) is 0 Å². The van der Waals surface area contributed by atoms with Crippen molar-refractivity contribution < 1.29 is 14.6 Å². The van der Waals surface area contributed by atoms with Gasteiger partial charge in [-0.15, -0.1) is 0 Å². The summed E-state index contributed by atoms with van der Waals surface area (Å²) in [4.78, 5) is 15.0. The number of morpholine rings is 1. The molecule has 1 saturated heterocycles. The maximum absolute atomic E-state index is 12.4. The predicted molar refractivity (Wildman–Crippen MR) is 84.6 cm³/mol. The number of rotatable bonds is 4. The molecule has 2 saturated carbocycles. The van der Waals surface area contributed by atoms with Crippen LogP contribution < -0.4 is 5.32 Å². The summed E-state index contributed by atoms with van der Waals surface area (Å²) in [5.74, 6) is -0.150. The molecule has 0 radical (unpaired) electrons. The van der Waals surface area contributed by atoms with E-state index in [2.05, 4.69) is 10.2 Å². The third-order valence-corrected chi connectivity index (χ3v) is 5.90. The van der Waals surface area contributed by atoms with Crippen molar-refractivity contribution >= 4 is 5.91 Å². The Morgan fingerprint density at radius 3 is 2.23 bits per heavy atom. The van der Waals surface area contributed by atoms with Gasteiger partial charge >= 0.3 is 0 Å². The minimum atomic E-state index is -1.11. The summed E-state index contributed by atoms with van der Waals surface area (Å²) in [5.41, 5.74) is -1.03. The second-order valence-corrected chi connectivity index (χ2v) is 7.31. The Hall–Kier alpha value is -0.650. The van der Waals surface area contributed by atoms with E-state index in [1.54, 1.807) is 0 Å². The summed E-state index contributed by atoms with van der Waals surface area (Å²) >= 11 is 0. The van der Waals surface area contributed by atoms with Gasteiger partial charge in [-0.05, 0) is 38.5 Å². The van der Waals surface area contributed by atoms with E-state index in [9.17, 15) is 9.90 Å². The zero-order valence-corrected chi connectivity index (χ0v) is 13.6. The second-order valence-electron chi connectivity index (χ2n) is 7.31. The number of nitrogens with one attached hydrogen (secondary N) is 1. The molecule has 3 fully saturated rings. The zero-order chi connectivity index (χ0) is 15.5. The van der Waals surface area contributed by atoms with Crippen molar-refractivity contribution in [2.24, 2.45) is 0 Å². The molecule has 0 aromatic heterocycles. The van der Waals surface area contributed by atoms with Gasteiger partial charge in [0.15, 0.2) is 0 Å². The second kappa shape index (κ2) is 6.85. The standard InChI is InChI=1S/C17H30N2O3/c20-15(17(21)8-4-5-9-17)18-14-16(6-2-1-3-7-16)19-10-12-22-13-11-19/h21H,1-14H2,(H,18,20). The molecule has 0 aromatic carbocycles. The molecule has 5 heteroatoms. The minimum absolute atomic E-state index is 0.0760. The smallest absolute Gasteiger partial charge is 0.252 e. The van der Waals surface area contributed by atoms with Gasteiger partial charge in [0.25, 0.3) is 5.91 Å². The van der Waals surface area contributed by atoms with Gasteiger partial charge in [-0.25, -0.2) is 0 Å². The number of hydrogen-bond acceptors (Lipinski definition) is 4. The molecule has 0 aromatic rings. The Bertz CT molecular complexity index is 381. The lowest BCUT2D eigenvalue weighted by Crippen LogP contribution is -2.61. The topological polar surface area (TPSA) is 61.8 Å². The summed E-state index contributed by atoms with van der Waals surface area (Å²) in [6.45, 7) is 4.17. The third-order valence-electron chi connectivity index (χ3n) is 5.90. The molecule has 22 heavy (non-hydrogen) atoms. The van der Waals surface area contributed by atoms with Crippen molar-refractivity contribution in [2.45, 2.75) is 68.9 Å². The Balaban J connectivity index is 1.63. The lowest BCUT2D eigenvalue weighted by Gasteiger charge is -2.48. The lowest BCUT2D eigenvalue weighted by molar-refractivity contribution is -0.140. The van der Waals surface area contributed by atoms with E-state index in [1.165, 1.54) is 19.3 Å². The van der Waals surface area contributed by atoms with Crippen LogP contribution >= 0.6 is 0 Å². The van der Waals surface area contributed by atoms with Crippen LogP contribution in [-0.2, 0) is 9.53 Å². The summed E-state index contributed by atoms with van der Waals surface area (Å²) in [7, 11) is 0. The Morgan fingerprint density at radius 2 is 1.59 bits per heavy atom. The monoisotopic (exact) mass is 310 g/mol. The molecule has 0 spiro atoms. The van der Waals surface area contributed by atoms with Crippen molar-refractivity contribution in [3.63, 3.8) is 0 Å². The molecule has 2 aliphatic carbocycles. The summed E-state index contributed by atoms with van der Waals surface area (Å²) < 4.78 is 5.49. The van der Waals surface area contributed by atoms with Crippen molar-refractivity contribution in [3.05, 3.63) is 0 Å². The molecule has 3 rings (SSSR count). The normalized spacial score (nSPS) is 28.4. The van der Waals surface area contributed by atoms with E-state index < -0.39 is 5.60 Å². The highest BCUT2D eigenvalue weighted by atomic mass is 16.5. The van der Waals surface area contributed by atoms with Crippen LogP contribution in [0.2, 0.25) is 0 Å². The Morgan fingerprint density at radius 1 is 1.00 bits per heavy atom. The number of aliphatic hydroxyl groups is 1. The van der Waals surface area contributed by atoms with Gasteiger partial charge in [0.05, 0.1) is 13.2 Å². The first kappa shape index (κ1) is 16.2. The fourth-order valence-corrected chi connectivity index (χ4v) is 4.45. The molecular formula is C17H30N2O3. The molecule has 1 heterocycles. The predicted octanol–water partition coefficient (Wildman–Crippen LogP) is 1.44. The number of nitrogens with zero attached hydrogens (tertiary/aromatic N) is 1. The molecule has 126 valence electrons. The van der Waals surface area contributed by atoms with E-state index in [0.717, 1.165) is 52.0 Å². The number of carbonyl (C=O) groups is 1. The SMILES string of the molecule is O=C(NCC1(N2CCOCC2)CCCCC1)C1(O)CCCC1. The van der Waals surface area contributed by atoms with Gasteiger partial charge in [-0.3, -0.25) is 9.69 Å². The first-order valence-electron chi connectivity index (χ1n) is 8.98. The van der Waals surface area contributed by atoms with E-state index in [4.69, 9.17) is 4.74 Å². The first-order valence-corrected chi connectivity index (χ1v) is 8.98. The lowest BCUT2D eigenvalue weighted by atomic mass is 9.79. The molecule has 1 aliphatic heterocycles. The van der Waals surface area contributed by atoms with E-state index in [0.29, 0.717) is 19.4 Å². The van der Waals surface area contributed by atoms with Gasteiger partial charge in [-0.2, -0.15) is 0 Å². The zero-order valence-electron chi connectivity index (χ0n) is 13.6. The summed E-state index contributed by atoms with van der Waals surface area (Å²) in [5, 5.41) is 13.5. The molecule has 0 atom stereocenters. The van der Waals surface area contributed by atoms with Gasteiger partial charge in [0.2, 0.25) is 0 Å². The van der Waals surface area contributed by atoms with Crippen LogP contribution in [0.4, 0.5) is 0 Å². The van der Waals surface area contributed by atoms with Crippen LogP contribution in [0.3, 0.4) is 0 Å². The summed E-state index contributed by atoms with van der Waals surface area (Å²) in [6.07, 6.45) is 9.19. The maximum atomic E-state index is 12.4. The fourth-order valence-electron chi connectivity index (χ4n) is 4.45. The van der Waals surface area contributed by atoms with Crippen molar-refractivity contribution in [1.82, 2.24) is 10.2 Å². The molecule has 1 amide bonds. The van der Waals surface area contributed by atoms with Crippen LogP contribution in [0.15, 0.2) is 0 Å². The van der Waals surface area contributed by atoms with Crippen LogP contribution in [0.1, 0.15) is 57.8 Å². The average Bonchev–Trinajstić information content (AvgIpc) is 3.02. The Labute approximate surface area is 133 Å². The molecular weight excluding hydrogens is 280 g/mol. The fraction of sp³-hybridized carbons (Fsp3) is 0.941. The van der Waals surface area contributed by atoms with Gasteiger partial charge < -0.3 is 15.2 Å². The van der Waals surface area contributed by atoms with Gasteiger partial charge in [0.1, 0.15) is 5.60 Å². The highest BCUT2D eigenvalue weighted by molar-refractivity contribution is 5.85. The maximum Gasteiger partial charge on any atom is 0.252 e. The van der Waals surface area contributed by atoms with Crippen LogP contribution in [0.5, 0.6) is 0 Å². The first-order chi connectivity index (χ1) is 10.6. The van der Waals surface area contributed by atoms with Crippen molar-refractivity contribution in [3.8, 4) is 0 Å². The number of hydrogen-bond donors (Lipinski definition) is 2. The van der Waals surface area contributed by atoms with E-state index >= 15 is 0 Å². The highest BCUT2D eigenvalue weighted by Gasteiger charge is 2.42. The Kier molecular flexibility index (Phi) is 5.05. The van der Waals surface area contributed by atoms with Crippen LogP contribution in [0, 0.1) is 0 Å². The molecule has 5 nitrogen and oxygen atoms in total. The quantitative estimate of drug-likeness (QED) is 0.825. The average molecular weight is 310 g/mol. The van der Waals surface area contributed by atoms with Crippen molar-refractivity contribution in [1.29, 1.82) is 0 Å². The molecule has 2 N–H and O–H groups in total. The van der Waals surface area contributed by atoms with Gasteiger partial charge in [-0.1, -0.05) is 19.3 Å². The van der Waals surface area contributed by atoms with E-state index in [-0.39, 0.29) is 11.4 Å². The number of ether oxygens (including phenoxy) is 1. The minimum Gasteiger partial charge on any atom is -0.380 e. The number of carbonyl (C=O) groups excluding carboxylic acids is 1. The molecule has 0 unspecified atom stereocenters.